The lowest BCUT2D eigenvalue weighted by atomic mass is 9.91. The van der Waals surface area contributed by atoms with Crippen LogP contribution >= 0.6 is 0 Å². The van der Waals surface area contributed by atoms with E-state index in [1.54, 1.807) is 5.32 Å². The number of aliphatic hydroxyl groups is 1. The van der Waals surface area contributed by atoms with Crippen molar-refractivity contribution in [3.63, 3.8) is 0 Å². The van der Waals surface area contributed by atoms with Crippen molar-refractivity contribution in [1.29, 1.82) is 0 Å². The molecule has 0 aliphatic heterocycles. The van der Waals surface area contributed by atoms with Crippen molar-refractivity contribution < 1.29 is 62.2 Å². The second kappa shape index (κ2) is 7.05. The molecule has 0 saturated heterocycles. The molecular formula is C11H10F13NO. The highest BCUT2D eigenvalue weighted by Gasteiger charge is 2.91. The average molecular weight is 419 g/mol. The number of hydrogen-bond acceptors (Lipinski definition) is 2. The normalized spacial score (nSPS) is 16.5. The first-order chi connectivity index (χ1) is 11.2. The Morgan fingerprint density at radius 1 is 0.731 bits per heavy atom. The lowest BCUT2D eigenvalue weighted by molar-refractivity contribution is -0.444. The van der Waals surface area contributed by atoms with Crippen LogP contribution in [-0.4, -0.2) is 60.1 Å². The molecule has 0 aromatic carbocycles. The monoisotopic (exact) mass is 419 g/mol. The molecule has 0 rings (SSSR count). The summed E-state index contributed by atoms with van der Waals surface area (Å²) in [6.45, 7) is 0.907. The molecule has 0 heterocycles. The van der Waals surface area contributed by atoms with E-state index in [4.69, 9.17) is 5.11 Å². The van der Waals surface area contributed by atoms with E-state index < -0.39 is 55.0 Å². The van der Waals surface area contributed by atoms with E-state index in [9.17, 15) is 57.1 Å². The van der Waals surface area contributed by atoms with Crippen molar-refractivity contribution >= 4 is 0 Å². The van der Waals surface area contributed by atoms with Crippen molar-refractivity contribution in [1.82, 2.24) is 5.32 Å². The Bertz CT molecular complexity index is 499. The maximum atomic E-state index is 13.3. The zero-order chi connectivity index (χ0) is 21.4. The van der Waals surface area contributed by atoms with E-state index in [0.29, 0.717) is 0 Å². The van der Waals surface area contributed by atoms with Gasteiger partial charge in [-0.25, -0.2) is 0 Å². The lowest BCUT2D eigenvalue weighted by Crippen LogP contribution is -2.72. The molecule has 0 unspecified atom stereocenters. The Morgan fingerprint density at radius 2 is 1.12 bits per heavy atom. The molecule has 0 aliphatic rings. The van der Waals surface area contributed by atoms with Gasteiger partial charge in [-0.05, 0) is 0 Å². The van der Waals surface area contributed by atoms with Crippen LogP contribution in [0, 0.1) is 0 Å². The molecule has 0 spiro atoms. The molecule has 0 aromatic rings. The first-order valence-electron chi connectivity index (χ1n) is 6.19. The van der Waals surface area contributed by atoms with Gasteiger partial charge in [0.25, 0.3) is 0 Å². The van der Waals surface area contributed by atoms with Crippen LogP contribution in [-0.2, 0) is 0 Å². The van der Waals surface area contributed by atoms with Gasteiger partial charge >= 0.3 is 35.8 Å². The summed E-state index contributed by atoms with van der Waals surface area (Å²) in [7, 11) is 0. The van der Waals surface area contributed by atoms with Crippen LogP contribution in [0.5, 0.6) is 0 Å². The molecular weight excluding hydrogens is 409 g/mol. The van der Waals surface area contributed by atoms with Gasteiger partial charge in [-0.1, -0.05) is 6.08 Å². The van der Waals surface area contributed by atoms with Gasteiger partial charge in [0.2, 0.25) is 0 Å². The van der Waals surface area contributed by atoms with E-state index in [2.05, 4.69) is 6.58 Å². The summed E-state index contributed by atoms with van der Waals surface area (Å²) in [5.41, 5.74) is 0. The third-order valence-electron chi connectivity index (χ3n) is 3.00. The van der Waals surface area contributed by atoms with E-state index in [1.807, 2.05) is 0 Å². The minimum atomic E-state index is -7.97. The number of hydrogen-bond donors (Lipinski definition) is 2. The van der Waals surface area contributed by atoms with Crippen LogP contribution in [0.15, 0.2) is 12.7 Å². The minimum Gasteiger partial charge on any atom is -0.385 e. The third kappa shape index (κ3) is 3.59. The van der Waals surface area contributed by atoms with Crippen LogP contribution in [0.3, 0.4) is 0 Å². The van der Waals surface area contributed by atoms with E-state index in [0.717, 1.165) is 6.08 Å². The fraction of sp³-hybridized carbons (Fsp3) is 0.818. The standard InChI is InChI=1S/C11H10F13NO/c1-2-3-25-4-5(26)6(12,13)7(14,15)8(16,17)9(18,19)10(20,21)11(22,23)24/h2,5,25-26H,1,3-4H2/t5-/m1/s1. The zero-order valence-corrected chi connectivity index (χ0v) is 12.1. The molecule has 0 saturated carbocycles. The van der Waals surface area contributed by atoms with Gasteiger partial charge in [-0.2, -0.15) is 57.1 Å². The Balaban J connectivity index is 6.03. The smallest absolute Gasteiger partial charge is 0.385 e. The Morgan fingerprint density at radius 3 is 1.46 bits per heavy atom. The first-order valence-corrected chi connectivity index (χ1v) is 6.19. The van der Waals surface area contributed by atoms with E-state index in [-0.39, 0.29) is 0 Å². The summed E-state index contributed by atoms with van der Waals surface area (Å²) in [5, 5.41) is 10.5. The van der Waals surface area contributed by atoms with Gasteiger partial charge < -0.3 is 10.4 Å². The van der Waals surface area contributed by atoms with Gasteiger partial charge in [-0.3, -0.25) is 0 Å². The highest BCUT2D eigenvalue weighted by atomic mass is 19.4. The molecule has 0 fully saturated rings. The molecule has 2 nitrogen and oxygen atoms in total. The molecule has 0 amide bonds. The SMILES string of the molecule is C=CCNC[C@@H](O)C(F)(F)C(F)(F)C(F)(F)C(F)(F)C(F)(F)C(F)(F)F. The van der Waals surface area contributed by atoms with E-state index >= 15 is 0 Å². The maximum absolute atomic E-state index is 13.3. The van der Waals surface area contributed by atoms with Gasteiger partial charge in [0.15, 0.2) is 0 Å². The quantitative estimate of drug-likeness (QED) is 0.338. The van der Waals surface area contributed by atoms with Gasteiger partial charge in [-0.15, -0.1) is 6.58 Å². The van der Waals surface area contributed by atoms with Gasteiger partial charge in [0, 0.05) is 13.1 Å². The first kappa shape index (κ1) is 24.8. The van der Waals surface area contributed by atoms with Gasteiger partial charge in [0.05, 0.1) is 0 Å². The molecule has 26 heavy (non-hydrogen) atoms. The topological polar surface area (TPSA) is 32.3 Å². The Labute approximate surface area is 136 Å². The van der Waals surface area contributed by atoms with Crippen LogP contribution in [0.4, 0.5) is 57.1 Å². The second-order valence-electron chi connectivity index (χ2n) is 4.88. The molecule has 0 aliphatic carbocycles. The molecule has 2 N–H and O–H groups in total. The Kier molecular flexibility index (Phi) is 6.71. The number of aliphatic hydroxyl groups excluding tert-OH is 1. The summed E-state index contributed by atoms with van der Waals surface area (Å²) in [4.78, 5) is 0. The highest BCUT2D eigenvalue weighted by molar-refractivity contribution is 5.11. The summed E-state index contributed by atoms with van der Waals surface area (Å²) >= 11 is 0. The van der Waals surface area contributed by atoms with Crippen molar-refractivity contribution in [3.05, 3.63) is 12.7 Å². The number of halogens is 13. The predicted molar refractivity (Wildman–Crippen MR) is 59.9 cm³/mol. The van der Waals surface area contributed by atoms with Crippen molar-refractivity contribution in [3.8, 4) is 0 Å². The summed E-state index contributed by atoms with van der Waals surface area (Å²) < 4.78 is 166. The lowest BCUT2D eigenvalue weighted by Gasteiger charge is -2.40. The van der Waals surface area contributed by atoms with Crippen molar-refractivity contribution in [2.24, 2.45) is 0 Å². The maximum Gasteiger partial charge on any atom is 0.460 e. The number of rotatable bonds is 9. The van der Waals surface area contributed by atoms with Crippen molar-refractivity contribution in [2.45, 2.75) is 41.9 Å². The van der Waals surface area contributed by atoms with Crippen LogP contribution in [0.2, 0.25) is 0 Å². The van der Waals surface area contributed by atoms with Crippen molar-refractivity contribution in [2.75, 3.05) is 13.1 Å². The minimum absolute atomic E-state index is 0.461. The summed E-state index contributed by atoms with van der Waals surface area (Å²) in [5.74, 6) is -37.7. The molecule has 0 bridgehead atoms. The molecule has 0 radical (unpaired) electrons. The van der Waals surface area contributed by atoms with Crippen LogP contribution in [0.1, 0.15) is 0 Å². The summed E-state index contributed by atoms with van der Waals surface area (Å²) in [6, 6.07) is 0. The molecule has 156 valence electrons. The second-order valence-corrected chi connectivity index (χ2v) is 4.88. The predicted octanol–water partition coefficient (Wildman–Crippen LogP) is 3.86. The molecule has 1 atom stereocenters. The average Bonchev–Trinajstić information content (AvgIpc) is 2.45. The fourth-order valence-electron chi connectivity index (χ4n) is 1.44. The largest absolute Gasteiger partial charge is 0.460 e. The zero-order valence-electron chi connectivity index (χ0n) is 12.1. The van der Waals surface area contributed by atoms with E-state index in [1.165, 1.54) is 0 Å². The highest BCUT2D eigenvalue weighted by Crippen LogP contribution is 2.60. The van der Waals surface area contributed by atoms with Crippen LogP contribution < -0.4 is 5.32 Å². The number of alkyl halides is 13. The van der Waals surface area contributed by atoms with Gasteiger partial charge in [0.1, 0.15) is 6.10 Å². The molecule has 0 aromatic heterocycles. The molecule has 15 heteroatoms. The number of nitrogens with one attached hydrogen (secondary N) is 1. The van der Waals surface area contributed by atoms with Crippen LogP contribution in [0.25, 0.3) is 0 Å². The fourth-order valence-corrected chi connectivity index (χ4v) is 1.44. The summed E-state index contributed by atoms with van der Waals surface area (Å²) in [6.07, 6.45) is -10.4. The third-order valence-corrected chi connectivity index (χ3v) is 3.00. The Hall–Kier alpha value is -1.25.